The molecule has 1 heterocycles. The summed E-state index contributed by atoms with van der Waals surface area (Å²) in [6.07, 6.45) is 0. The van der Waals surface area contributed by atoms with Crippen LogP contribution < -0.4 is 11.1 Å². The van der Waals surface area contributed by atoms with Gasteiger partial charge in [-0.3, -0.25) is 9.59 Å². The van der Waals surface area contributed by atoms with Crippen LogP contribution in [-0.4, -0.2) is 11.8 Å². The molecule has 0 atom stereocenters. The van der Waals surface area contributed by atoms with Crippen molar-refractivity contribution in [2.75, 3.05) is 5.32 Å². The van der Waals surface area contributed by atoms with Gasteiger partial charge in [0.25, 0.3) is 11.8 Å². The molecule has 1 aromatic carbocycles. The maximum atomic E-state index is 12.3. The Morgan fingerprint density at radius 3 is 2.48 bits per heavy atom. The van der Waals surface area contributed by atoms with Crippen molar-refractivity contribution in [3.05, 3.63) is 48.9 Å². The summed E-state index contributed by atoms with van der Waals surface area (Å²) in [6.45, 7) is 5.72. The molecule has 1 aromatic heterocycles. The highest BCUT2D eigenvalue weighted by Crippen LogP contribution is 2.32. The van der Waals surface area contributed by atoms with E-state index in [0.717, 1.165) is 19.6 Å². The number of halogens is 1. The highest BCUT2D eigenvalue weighted by Gasteiger charge is 2.19. The molecule has 2 rings (SSSR count). The van der Waals surface area contributed by atoms with Crippen molar-refractivity contribution in [1.82, 2.24) is 0 Å². The predicted octanol–water partition coefficient (Wildman–Crippen LogP) is 3.63. The lowest BCUT2D eigenvalue weighted by Crippen LogP contribution is -2.17. The van der Waals surface area contributed by atoms with Gasteiger partial charge < -0.3 is 11.1 Å². The SMILES string of the molecule is Cc1ccc(C(=O)Nc2sc(C)c(C)c2C(N)=O)cc1I. The number of hydrogen-bond acceptors (Lipinski definition) is 3. The van der Waals surface area contributed by atoms with E-state index in [1.165, 1.54) is 11.3 Å². The molecule has 2 aromatic rings. The molecule has 6 heteroatoms. The minimum absolute atomic E-state index is 0.239. The molecule has 0 aliphatic carbocycles. The summed E-state index contributed by atoms with van der Waals surface area (Å²) < 4.78 is 1.02. The average molecular weight is 414 g/mol. The highest BCUT2D eigenvalue weighted by atomic mass is 127. The van der Waals surface area contributed by atoms with Crippen LogP contribution in [0.3, 0.4) is 0 Å². The zero-order valence-corrected chi connectivity index (χ0v) is 14.9. The number of rotatable bonds is 3. The van der Waals surface area contributed by atoms with Crippen LogP contribution in [0.5, 0.6) is 0 Å². The van der Waals surface area contributed by atoms with Crippen molar-refractivity contribution >= 4 is 50.7 Å². The van der Waals surface area contributed by atoms with Gasteiger partial charge in [-0.15, -0.1) is 11.3 Å². The van der Waals surface area contributed by atoms with E-state index in [2.05, 4.69) is 27.9 Å². The number of hydrogen-bond donors (Lipinski definition) is 2. The minimum Gasteiger partial charge on any atom is -0.365 e. The number of amides is 2. The Morgan fingerprint density at radius 2 is 1.90 bits per heavy atom. The zero-order valence-electron chi connectivity index (χ0n) is 11.9. The van der Waals surface area contributed by atoms with Crippen LogP contribution in [0.1, 0.15) is 36.7 Å². The van der Waals surface area contributed by atoms with Gasteiger partial charge in [0.05, 0.1) is 5.56 Å². The largest absolute Gasteiger partial charge is 0.365 e. The van der Waals surface area contributed by atoms with Gasteiger partial charge in [0.2, 0.25) is 0 Å². The third-order valence-corrected chi connectivity index (χ3v) is 5.58. The number of nitrogens with two attached hydrogens (primary N) is 1. The fourth-order valence-corrected chi connectivity index (χ4v) is 3.50. The molecular weight excluding hydrogens is 399 g/mol. The van der Waals surface area contributed by atoms with Crippen LogP contribution in [0.25, 0.3) is 0 Å². The van der Waals surface area contributed by atoms with E-state index in [4.69, 9.17) is 5.73 Å². The van der Waals surface area contributed by atoms with Crippen molar-refractivity contribution in [3.63, 3.8) is 0 Å². The summed E-state index contributed by atoms with van der Waals surface area (Å²) in [7, 11) is 0. The monoisotopic (exact) mass is 414 g/mol. The molecule has 0 saturated carbocycles. The smallest absolute Gasteiger partial charge is 0.256 e. The molecule has 0 aliphatic rings. The van der Waals surface area contributed by atoms with E-state index in [1.807, 2.05) is 32.9 Å². The first-order valence-electron chi connectivity index (χ1n) is 6.28. The topological polar surface area (TPSA) is 72.2 Å². The molecule has 2 amide bonds. The van der Waals surface area contributed by atoms with Gasteiger partial charge >= 0.3 is 0 Å². The minimum atomic E-state index is -0.523. The highest BCUT2D eigenvalue weighted by molar-refractivity contribution is 14.1. The van der Waals surface area contributed by atoms with Gasteiger partial charge in [-0.1, -0.05) is 6.07 Å². The summed E-state index contributed by atoms with van der Waals surface area (Å²) in [4.78, 5) is 24.8. The van der Waals surface area contributed by atoms with E-state index < -0.39 is 5.91 Å². The number of carbonyl (C=O) groups is 2. The lowest BCUT2D eigenvalue weighted by atomic mass is 10.1. The van der Waals surface area contributed by atoms with Crippen molar-refractivity contribution in [2.45, 2.75) is 20.8 Å². The molecule has 0 bridgehead atoms. The second kappa shape index (κ2) is 6.15. The number of nitrogens with one attached hydrogen (secondary N) is 1. The van der Waals surface area contributed by atoms with Crippen LogP contribution in [0.2, 0.25) is 0 Å². The zero-order chi connectivity index (χ0) is 15.7. The summed E-state index contributed by atoms with van der Waals surface area (Å²) >= 11 is 3.55. The van der Waals surface area contributed by atoms with E-state index in [-0.39, 0.29) is 5.91 Å². The number of benzene rings is 1. The molecular formula is C15H15IN2O2S. The van der Waals surface area contributed by atoms with Crippen molar-refractivity contribution < 1.29 is 9.59 Å². The molecule has 0 unspecified atom stereocenters. The van der Waals surface area contributed by atoms with Crippen LogP contribution in [0.4, 0.5) is 5.00 Å². The maximum Gasteiger partial charge on any atom is 0.256 e. The lowest BCUT2D eigenvalue weighted by Gasteiger charge is -2.06. The van der Waals surface area contributed by atoms with Crippen LogP contribution in [0, 0.1) is 24.3 Å². The Kier molecular flexibility index (Phi) is 4.67. The molecule has 110 valence electrons. The second-order valence-corrected chi connectivity index (χ2v) is 7.16. The second-order valence-electron chi connectivity index (χ2n) is 4.77. The number of primary amides is 1. The fourth-order valence-electron chi connectivity index (χ4n) is 1.92. The van der Waals surface area contributed by atoms with Gasteiger partial charge in [0.15, 0.2) is 0 Å². The predicted molar refractivity (Wildman–Crippen MR) is 94.2 cm³/mol. The van der Waals surface area contributed by atoms with Gasteiger partial charge in [0.1, 0.15) is 5.00 Å². The molecule has 0 radical (unpaired) electrons. The van der Waals surface area contributed by atoms with Crippen LogP contribution >= 0.6 is 33.9 Å². The summed E-state index contributed by atoms with van der Waals surface area (Å²) in [5, 5.41) is 3.30. The molecule has 3 N–H and O–H groups in total. The third-order valence-electron chi connectivity index (χ3n) is 3.29. The Labute approximate surface area is 140 Å². The molecule has 21 heavy (non-hydrogen) atoms. The molecule has 0 aliphatic heterocycles. The quantitative estimate of drug-likeness (QED) is 0.753. The van der Waals surface area contributed by atoms with Crippen LogP contribution in [-0.2, 0) is 0 Å². The van der Waals surface area contributed by atoms with Gasteiger partial charge in [-0.2, -0.15) is 0 Å². The Bertz CT molecular complexity index is 738. The Balaban J connectivity index is 2.33. The number of anilines is 1. The normalized spacial score (nSPS) is 10.5. The standard InChI is InChI=1S/C15H15IN2O2S/c1-7-4-5-10(6-11(7)16)14(20)18-15-12(13(17)19)8(2)9(3)21-15/h4-6H,1-3H3,(H2,17,19)(H,18,20). The molecule has 0 saturated heterocycles. The van der Waals surface area contributed by atoms with E-state index in [0.29, 0.717) is 16.1 Å². The van der Waals surface area contributed by atoms with Gasteiger partial charge in [-0.25, -0.2) is 0 Å². The van der Waals surface area contributed by atoms with E-state index in [9.17, 15) is 9.59 Å². The average Bonchev–Trinajstić information content (AvgIpc) is 2.68. The van der Waals surface area contributed by atoms with Crippen molar-refractivity contribution in [2.24, 2.45) is 5.73 Å². The molecule has 0 spiro atoms. The van der Waals surface area contributed by atoms with E-state index in [1.54, 1.807) is 6.07 Å². The van der Waals surface area contributed by atoms with Gasteiger partial charge in [0, 0.05) is 14.0 Å². The third kappa shape index (κ3) is 3.26. The number of aryl methyl sites for hydroxylation is 2. The van der Waals surface area contributed by atoms with Crippen molar-refractivity contribution in [1.29, 1.82) is 0 Å². The van der Waals surface area contributed by atoms with Crippen LogP contribution in [0.15, 0.2) is 18.2 Å². The number of carbonyl (C=O) groups excluding carboxylic acids is 2. The number of thiophene rings is 1. The molecule has 4 nitrogen and oxygen atoms in total. The van der Waals surface area contributed by atoms with Crippen molar-refractivity contribution in [3.8, 4) is 0 Å². The van der Waals surface area contributed by atoms with E-state index >= 15 is 0 Å². The first-order valence-corrected chi connectivity index (χ1v) is 8.18. The first kappa shape index (κ1) is 16.0. The Morgan fingerprint density at radius 1 is 1.24 bits per heavy atom. The van der Waals surface area contributed by atoms with Gasteiger partial charge in [-0.05, 0) is 66.6 Å². The first-order chi connectivity index (χ1) is 9.81. The summed E-state index contributed by atoms with van der Waals surface area (Å²) in [5.41, 5.74) is 8.30. The maximum absolute atomic E-state index is 12.3. The lowest BCUT2D eigenvalue weighted by molar-refractivity contribution is 0.100. The summed E-state index contributed by atoms with van der Waals surface area (Å²) in [5.74, 6) is -0.762. The summed E-state index contributed by atoms with van der Waals surface area (Å²) in [6, 6.07) is 5.49. The molecule has 0 fully saturated rings. The fraction of sp³-hybridized carbons (Fsp3) is 0.200. The Hall–Kier alpha value is -1.41.